The molecule has 0 saturated carbocycles. The minimum Gasteiger partial charge on any atom is -0.465 e. The lowest BCUT2D eigenvalue weighted by Gasteiger charge is -1.92. The van der Waals surface area contributed by atoms with Gasteiger partial charge in [-0.1, -0.05) is 0 Å². The molecule has 12 heavy (non-hydrogen) atoms. The average molecular weight is 280 g/mol. The first-order valence-corrected chi connectivity index (χ1v) is 4.09. The molecule has 0 fully saturated rings. The number of carbonyl (C=O) groups is 2. The van der Waals surface area contributed by atoms with E-state index in [2.05, 4.69) is 4.74 Å². The highest BCUT2D eigenvalue weighted by molar-refractivity contribution is 14.1. The number of halogens is 1. The lowest BCUT2D eigenvalue weighted by molar-refractivity contribution is 0.0597. The number of hydrogen-bond acceptors (Lipinski definition) is 4. The summed E-state index contributed by atoms with van der Waals surface area (Å²) < 4.78 is 9.82. The van der Waals surface area contributed by atoms with Crippen molar-refractivity contribution in [2.45, 2.75) is 0 Å². The molecule has 64 valence electrons. The summed E-state index contributed by atoms with van der Waals surface area (Å²) in [5.74, 6) is -0.560. The zero-order chi connectivity index (χ0) is 9.14. The van der Waals surface area contributed by atoms with Crippen molar-refractivity contribution in [2.24, 2.45) is 0 Å². The molecule has 4 nitrogen and oxygen atoms in total. The van der Waals surface area contributed by atoms with Crippen LogP contribution in [-0.2, 0) is 4.74 Å². The molecule has 0 saturated heterocycles. The van der Waals surface area contributed by atoms with Gasteiger partial charge in [0.05, 0.1) is 7.11 Å². The molecule has 0 amide bonds. The average Bonchev–Trinajstić information content (AvgIpc) is 2.45. The van der Waals surface area contributed by atoms with E-state index in [-0.39, 0.29) is 11.3 Å². The van der Waals surface area contributed by atoms with Crippen LogP contribution in [0.2, 0.25) is 0 Å². The maximum atomic E-state index is 11.0. The van der Waals surface area contributed by atoms with Crippen LogP contribution in [0.3, 0.4) is 0 Å². The highest BCUT2D eigenvalue weighted by Crippen LogP contribution is 2.16. The number of hydrogen-bond donors (Lipinski definition) is 0. The molecular weight excluding hydrogens is 275 g/mol. The first kappa shape index (κ1) is 9.24. The van der Waals surface area contributed by atoms with Gasteiger partial charge in [0, 0.05) is 6.07 Å². The number of esters is 1. The molecule has 1 aromatic rings. The lowest BCUT2D eigenvalue weighted by atomic mass is 10.3. The van der Waals surface area contributed by atoms with Crippen molar-refractivity contribution in [3.63, 3.8) is 0 Å². The Kier molecular flexibility index (Phi) is 2.85. The number of ether oxygens (including phenoxy) is 1. The van der Waals surface area contributed by atoms with E-state index in [1.54, 1.807) is 0 Å². The molecule has 1 rings (SSSR count). The minimum absolute atomic E-state index is 0.00579. The number of rotatable bonds is 2. The van der Waals surface area contributed by atoms with Crippen molar-refractivity contribution in [1.29, 1.82) is 0 Å². The molecule has 0 unspecified atom stereocenters. The third-order valence-corrected chi connectivity index (χ3v) is 1.77. The normalized spacial score (nSPS) is 9.50. The van der Waals surface area contributed by atoms with E-state index in [1.165, 1.54) is 13.2 Å². The Bertz CT molecular complexity index is 315. The van der Waals surface area contributed by atoms with Gasteiger partial charge in [-0.05, 0) is 22.6 Å². The Morgan fingerprint density at radius 1 is 1.75 bits per heavy atom. The summed E-state index contributed by atoms with van der Waals surface area (Å²) in [6, 6.07) is 1.45. The molecule has 1 heterocycles. The molecule has 0 aliphatic carbocycles. The molecule has 1 aromatic heterocycles. The third-order valence-electron chi connectivity index (χ3n) is 1.24. The summed E-state index contributed by atoms with van der Waals surface area (Å²) in [4.78, 5) is 21.3. The second kappa shape index (κ2) is 3.70. The second-order valence-electron chi connectivity index (χ2n) is 1.94. The Morgan fingerprint density at radius 3 is 2.92 bits per heavy atom. The van der Waals surface area contributed by atoms with Crippen LogP contribution in [0.15, 0.2) is 10.5 Å². The minimum atomic E-state index is -0.566. The van der Waals surface area contributed by atoms with Crippen LogP contribution in [0.1, 0.15) is 20.9 Å². The van der Waals surface area contributed by atoms with Crippen LogP contribution in [0.25, 0.3) is 0 Å². The van der Waals surface area contributed by atoms with E-state index in [0.29, 0.717) is 10.1 Å². The number of aldehydes is 1. The summed E-state index contributed by atoms with van der Waals surface area (Å²) in [6.45, 7) is 0. The first-order valence-electron chi connectivity index (χ1n) is 3.02. The van der Waals surface area contributed by atoms with E-state index in [4.69, 9.17) is 4.42 Å². The quantitative estimate of drug-likeness (QED) is 0.468. The van der Waals surface area contributed by atoms with Gasteiger partial charge >= 0.3 is 5.97 Å². The van der Waals surface area contributed by atoms with Crippen LogP contribution in [0, 0.1) is 3.77 Å². The van der Waals surface area contributed by atoms with Crippen molar-refractivity contribution in [3.8, 4) is 0 Å². The highest BCUT2D eigenvalue weighted by Gasteiger charge is 2.16. The number of carbonyl (C=O) groups excluding carboxylic acids is 2. The molecule has 0 radical (unpaired) electrons. The molecule has 0 aromatic carbocycles. The SMILES string of the molecule is COC(=O)c1cc(I)oc1C=O. The van der Waals surface area contributed by atoms with Crippen LogP contribution in [0.5, 0.6) is 0 Å². The topological polar surface area (TPSA) is 56.5 Å². The Labute approximate surface area is 82.0 Å². The summed E-state index contributed by atoms with van der Waals surface area (Å²) in [7, 11) is 1.25. The molecule has 0 atom stereocenters. The van der Waals surface area contributed by atoms with Gasteiger partial charge in [0.15, 0.2) is 15.8 Å². The smallest absolute Gasteiger partial charge is 0.341 e. The van der Waals surface area contributed by atoms with Gasteiger partial charge in [0.1, 0.15) is 5.56 Å². The Hall–Kier alpha value is -0.850. The first-order chi connectivity index (χ1) is 5.69. The summed E-state index contributed by atoms with van der Waals surface area (Å²) in [6.07, 6.45) is 0.481. The van der Waals surface area contributed by atoms with Crippen LogP contribution in [0.4, 0.5) is 0 Å². The largest absolute Gasteiger partial charge is 0.465 e. The predicted molar refractivity (Wildman–Crippen MR) is 48.2 cm³/mol. The van der Waals surface area contributed by atoms with Crippen LogP contribution < -0.4 is 0 Å². The fraction of sp³-hybridized carbons (Fsp3) is 0.143. The summed E-state index contributed by atoms with van der Waals surface area (Å²) in [5, 5.41) is 0. The summed E-state index contributed by atoms with van der Waals surface area (Å²) in [5.41, 5.74) is 0.164. The van der Waals surface area contributed by atoms with Crippen LogP contribution >= 0.6 is 22.6 Å². The fourth-order valence-corrected chi connectivity index (χ4v) is 1.28. The molecule has 0 aliphatic heterocycles. The van der Waals surface area contributed by atoms with Gasteiger partial charge in [-0.25, -0.2) is 4.79 Å². The van der Waals surface area contributed by atoms with Gasteiger partial charge in [0.25, 0.3) is 0 Å². The van der Waals surface area contributed by atoms with E-state index >= 15 is 0 Å². The van der Waals surface area contributed by atoms with Gasteiger partial charge in [0.2, 0.25) is 0 Å². The van der Waals surface area contributed by atoms with Gasteiger partial charge in [-0.15, -0.1) is 0 Å². The van der Waals surface area contributed by atoms with E-state index in [0.717, 1.165) is 0 Å². The van der Waals surface area contributed by atoms with Crippen molar-refractivity contribution in [1.82, 2.24) is 0 Å². The van der Waals surface area contributed by atoms with Gasteiger partial charge in [-0.2, -0.15) is 0 Å². The zero-order valence-corrected chi connectivity index (χ0v) is 8.32. The maximum absolute atomic E-state index is 11.0. The number of furan rings is 1. The van der Waals surface area contributed by atoms with Crippen LogP contribution in [-0.4, -0.2) is 19.4 Å². The second-order valence-corrected chi connectivity index (χ2v) is 3.00. The van der Waals surface area contributed by atoms with E-state index < -0.39 is 5.97 Å². The summed E-state index contributed by atoms with van der Waals surface area (Å²) >= 11 is 1.87. The Balaban J connectivity index is 3.12. The lowest BCUT2D eigenvalue weighted by Crippen LogP contribution is -2.01. The zero-order valence-electron chi connectivity index (χ0n) is 6.17. The molecule has 0 aliphatic rings. The molecule has 0 spiro atoms. The van der Waals surface area contributed by atoms with Gasteiger partial charge < -0.3 is 9.15 Å². The van der Waals surface area contributed by atoms with Gasteiger partial charge in [-0.3, -0.25) is 4.79 Å². The number of methoxy groups -OCH3 is 1. The highest BCUT2D eigenvalue weighted by atomic mass is 127. The third kappa shape index (κ3) is 1.66. The molecule has 5 heteroatoms. The predicted octanol–water partition coefficient (Wildman–Crippen LogP) is 1.48. The monoisotopic (exact) mass is 280 g/mol. The molecule has 0 N–H and O–H groups in total. The van der Waals surface area contributed by atoms with E-state index in [9.17, 15) is 9.59 Å². The van der Waals surface area contributed by atoms with Crippen molar-refractivity contribution < 1.29 is 18.7 Å². The molecule has 0 bridgehead atoms. The van der Waals surface area contributed by atoms with E-state index in [1.807, 2.05) is 22.6 Å². The van der Waals surface area contributed by atoms with Crippen molar-refractivity contribution >= 4 is 34.8 Å². The van der Waals surface area contributed by atoms with Crippen molar-refractivity contribution in [3.05, 3.63) is 21.2 Å². The standard InChI is InChI=1S/C7H5IO4/c1-11-7(10)4-2-6(8)12-5(4)3-9/h2-3H,1H3. The maximum Gasteiger partial charge on any atom is 0.341 e. The Morgan fingerprint density at radius 2 is 2.42 bits per heavy atom. The fourth-order valence-electron chi connectivity index (χ4n) is 0.731. The molecular formula is C7H5IO4. The van der Waals surface area contributed by atoms with Crippen molar-refractivity contribution in [2.75, 3.05) is 7.11 Å².